The molecular formula is C18H20N2O3S. The van der Waals surface area contributed by atoms with Gasteiger partial charge in [0.15, 0.2) is 9.84 Å². The second-order valence-electron chi connectivity index (χ2n) is 6.12. The molecule has 0 aliphatic heterocycles. The summed E-state index contributed by atoms with van der Waals surface area (Å²) >= 11 is 0. The lowest BCUT2D eigenvalue weighted by Gasteiger charge is -2.08. The summed E-state index contributed by atoms with van der Waals surface area (Å²) < 4.78 is 24.9. The van der Waals surface area contributed by atoms with Crippen molar-refractivity contribution in [2.24, 2.45) is 0 Å². The van der Waals surface area contributed by atoms with E-state index in [-0.39, 0.29) is 18.1 Å². The number of anilines is 1. The highest BCUT2D eigenvalue weighted by Crippen LogP contribution is 2.25. The maximum atomic E-state index is 12.4. The van der Waals surface area contributed by atoms with Gasteiger partial charge in [-0.2, -0.15) is 0 Å². The summed E-state index contributed by atoms with van der Waals surface area (Å²) in [7, 11) is -3.46. The Labute approximate surface area is 142 Å². The molecule has 1 aromatic carbocycles. The number of nitrogens with zero attached hydrogens (tertiary/aromatic N) is 1. The molecule has 1 aliphatic rings. The summed E-state index contributed by atoms with van der Waals surface area (Å²) in [6, 6.07) is 8.84. The zero-order valence-electron chi connectivity index (χ0n) is 13.6. The summed E-state index contributed by atoms with van der Waals surface area (Å²) in [6.45, 7) is 1.90. The van der Waals surface area contributed by atoms with Crippen LogP contribution in [0.5, 0.6) is 0 Å². The predicted molar refractivity (Wildman–Crippen MR) is 92.7 cm³/mol. The average Bonchev–Trinajstić information content (AvgIpc) is 3.03. The highest BCUT2D eigenvalue weighted by Gasteiger charge is 2.20. The molecule has 24 heavy (non-hydrogen) atoms. The molecule has 0 unspecified atom stereocenters. The number of nitrogens with one attached hydrogen (secondary N) is 1. The Balaban J connectivity index is 1.62. The highest BCUT2D eigenvalue weighted by atomic mass is 32.2. The van der Waals surface area contributed by atoms with Crippen LogP contribution < -0.4 is 5.32 Å². The van der Waals surface area contributed by atoms with Gasteiger partial charge in [0.25, 0.3) is 0 Å². The number of sulfone groups is 1. The van der Waals surface area contributed by atoms with Gasteiger partial charge in [-0.1, -0.05) is 12.1 Å². The van der Waals surface area contributed by atoms with E-state index in [0.717, 1.165) is 30.4 Å². The topological polar surface area (TPSA) is 76.1 Å². The van der Waals surface area contributed by atoms with Crippen molar-refractivity contribution in [2.75, 3.05) is 11.1 Å². The molecule has 0 spiro atoms. The van der Waals surface area contributed by atoms with Crippen LogP contribution >= 0.6 is 0 Å². The molecule has 1 aliphatic carbocycles. The van der Waals surface area contributed by atoms with Crippen LogP contribution in [0, 0.1) is 6.92 Å². The van der Waals surface area contributed by atoms with Crippen molar-refractivity contribution in [3.63, 3.8) is 0 Å². The fourth-order valence-electron chi connectivity index (χ4n) is 2.83. The number of fused-ring (bicyclic) bond motifs is 1. The molecule has 0 radical (unpaired) electrons. The third-order valence-electron chi connectivity index (χ3n) is 4.21. The molecule has 0 atom stereocenters. The molecule has 1 amide bonds. The second-order valence-corrected chi connectivity index (χ2v) is 8.23. The molecule has 1 N–H and O–H groups in total. The third-order valence-corrected chi connectivity index (χ3v) is 5.92. The summed E-state index contributed by atoms with van der Waals surface area (Å²) in [5.41, 5.74) is 3.34. The van der Waals surface area contributed by atoms with Crippen LogP contribution in [0.15, 0.2) is 41.4 Å². The molecule has 0 saturated carbocycles. The first-order valence-electron chi connectivity index (χ1n) is 8.01. The minimum absolute atomic E-state index is 0.0883. The fraction of sp³-hybridized carbons (Fsp3) is 0.333. The van der Waals surface area contributed by atoms with Gasteiger partial charge in [0.05, 0.1) is 10.6 Å². The number of pyridine rings is 1. The predicted octanol–water partition coefficient (Wildman–Crippen LogP) is 2.68. The monoisotopic (exact) mass is 344 g/mol. The maximum absolute atomic E-state index is 12.4. The number of carbonyl (C=O) groups excluding carboxylic acids is 1. The van der Waals surface area contributed by atoms with Crippen LogP contribution in [0.1, 0.15) is 29.5 Å². The summed E-state index contributed by atoms with van der Waals surface area (Å²) in [4.78, 5) is 16.3. The van der Waals surface area contributed by atoms with Gasteiger partial charge in [-0.05, 0) is 61.1 Å². The number of hydrogen-bond acceptors (Lipinski definition) is 4. The Morgan fingerprint density at radius 3 is 2.71 bits per heavy atom. The number of rotatable bonds is 5. The highest BCUT2D eigenvalue weighted by molar-refractivity contribution is 7.91. The minimum atomic E-state index is -3.46. The van der Waals surface area contributed by atoms with E-state index in [0.29, 0.717) is 10.7 Å². The van der Waals surface area contributed by atoms with E-state index in [4.69, 9.17) is 0 Å². The van der Waals surface area contributed by atoms with Crippen molar-refractivity contribution >= 4 is 21.6 Å². The van der Waals surface area contributed by atoms with Gasteiger partial charge < -0.3 is 5.32 Å². The van der Waals surface area contributed by atoms with Crippen LogP contribution in [0.3, 0.4) is 0 Å². The number of hydrogen-bond donors (Lipinski definition) is 1. The van der Waals surface area contributed by atoms with Gasteiger partial charge in [0.1, 0.15) is 5.82 Å². The molecule has 2 aromatic rings. The Morgan fingerprint density at radius 2 is 1.96 bits per heavy atom. The SMILES string of the molecule is Cc1ccc(NC(=O)CCS(=O)(=O)c2ccc3c(c2)CCC3)nc1. The third kappa shape index (κ3) is 3.82. The summed E-state index contributed by atoms with van der Waals surface area (Å²) in [6.07, 6.45) is 4.58. The van der Waals surface area contributed by atoms with Crippen molar-refractivity contribution in [1.29, 1.82) is 0 Å². The Bertz CT molecular complexity index is 858. The molecule has 0 saturated heterocycles. The van der Waals surface area contributed by atoms with E-state index in [1.807, 2.05) is 19.1 Å². The van der Waals surface area contributed by atoms with Crippen LogP contribution in [-0.2, 0) is 27.5 Å². The number of aromatic nitrogens is 1. The molecule has 126 valence electrons. The maximum Gasteiger partial charge on any atom is 0.226 e. The van der Waals surface area contributed by atoms with E-state index in [1.54, 1.807) is 24.4 Å². The van der Waals surface area contributed by atoms with Crippen molar-refractivity contribution in [3.8, 4) is 0 Å². The van der Waals surface area contributed by atoms with Crippen molar-refractivity contribution in [3.05, 3.63) is 53.2 Å². The lowest BCUT2D eigenvalue weighted by molar-refractivity contribution is -0.115. The van der Waals surface area contributed by atoms with Gasteiger partial charge in [0, 0.05) is 12.6 Å². The average molecular weight is 344 g/mol. The van der Waals surface area contributed by atoms with Crippen LogP contribution in [0.4, 0.5) is 5.82 Å². The summed E-state index contributed by atoms with van der Waals surface area (Å²) in [5, 5.41) is 2.62. The van der Waals surface area contributed by atoms with E-state index in [1.165, 1.54) is 5.56 Å². The first-order chi connectivity index (χ1) is 11.4. The van der Waals surface area contributed by atoms with Crippen molar-refractivity contribution in [2.45, 2.75) is 37.5 Å². The molecular weight excluding hydrogens is 324 g/mol. The van der Waals surface area contributed by atoms with Crippen LogP contribution in [-0.4, -0.2) is 25.1 Å². The number of amides is 1. The first-order valence-corrected chi connectivity index (χ1v) is 9.66. The normalized spacial score (nSPS) is 13.5. The molecule has 0 fully saturated rings. The quantitative estimate of drug-likeness (QED) is 0.905. The molecule has 5 nitrogen and oxygen atoms in total. The first kappa shape index (κ1) is 16.6. The van der Waals surface area contributed by atoms with E-state index in [2.05, 4.69) is 10.3 Å². The van der Waals surface area contributed by atoms with Gasteiger partial charge >= 0.3 is 0 Å². The fourth-order valence-corrected chi connectivity index (χ4v) is 4.12. The van der Waals surface area contributed by atoms with Crippen LogP contribution in [0.2, 0.25) is 0 Å². The zero-order valence-corrected chi connectivity index (χ0v) is 14.4. The van der Waals surface area contributed by atoms with Crippen molar-refractivity contribution < 1.29 is 13.2 Å². The molecule has 1 aromatic heterocycles. The van der Waals surface area contributed by atoms with Gasteiger partial charge in [0.2, 0.25) is 5.91 Å². The number of aryl methyl sites for hydroxylation is 3. The number of carbonyl (C=O) groups is 1. The van der Waals surface area contributed by atoms with Crippen molar-refractivity contribution in [1.82, 2.24) is 4.98 Å². The molecule has 3 rings (SSSR count). The Hall–Kier alpha value is -2.21. The van der Waals surface area contributed by atoms with E-state index >= 15 is 0 Å². The number of benzene rings is 1. The zero-order chi connectivity index (χ0) is 17.2. The second kappa shape index (κ2) is 6.73. The lowest BCUT2D eigenvalue weighted by Crippen LogP contribution is -2.18. The van der Waals surface area contributed by atoms with Gasteiger partial charge in [-0.3, -0.25) is 4.79 Å². The summed E-state index contributed by atoms with van der Waals surface area (Å²) in [5.74, 6) is -0.125. The Morgan fingerprint density at radius 1 is 1.17 bits per heavy atom. The molecule has 0 bridgehead atoms. The van der Waals surface area contributed by atoms with Gasteiger partial charge in [-0.15, -0.1) is 0 Å². The lowest BCUT2D eigenvalue weighted by atomic mass is 10.1. The largest absolute Gasteiger partial charge is 0.311 e. The standard InChI is InChI=1S/C18H20N2O3S/c1-13-5-8-17(19-12-13)20-18(21)9-10-24(22,23)16-7-6-14-3-2-4-15(14)11-16/h5-8,11-12H,2-4,9-10H2,1H3,(H,19,20,21). The molecule has 6 heteroatoms. The van der Waals surface area contributed by atoms with E-state index in [9.17, 15) is 13.2 Å². The smallest absolute Gasteiger partial charge is 0.226 e. The van der Waals surface area contributed by atoms with Crippen LogP contribution in [0.25, 0.3) is 0 Å². The van der Waals surface area contributed by atoms with E-state index < -0.39 is 9.84 Å². The van der Waals surface area contributed by atoms with Gasteiger partial charge in [-0.25, -0.2) is 13.4 Å². The minimum Gasteiger partial charge on any atom is -0.311 e. The Kier molecular flexibility index (Phi) is 4.66. The molecule has 1 heterocycles.